The summed E-state index contributed by atoms with van der Waals surface area (Å²) in [5.41, 5.74) is 2.16. The van der Waals surface area contributed by atoms with E-state index in [1.165, 1.54) is 30.7 Å². The highest BCUT2D eigenvalue weighted by Crippen LogP contribution is 2.30. The van der Waals surface area contributed by atoms with E-state index in [0.717, 1.165) is 21.3 Å². The lowest BCUT2D eigenvalue weighted by molar-refractivity contribution is 0.0605. The predicted molar refractivity (Wildman–Crippen MR) is 93.3 cm³/mol. The van der Waals surface area contributed by atoms with Crippen LogP contribution >= 0.6 is 11.3 Å². The first-order valence-electron chi connectivity index (χ1n) is 7.20. The van der Waals surface area contributed by atoms with E-state index in [0.29, 0.717) is 10.4 Å². The Morgan fingerprint density at radius 1 is 1.29 bits per heavy atom. The van der Waals surface area contributed by atoms with Gasteiger partial charge in [0.1, 0.15) is 9.71 Å². The van der Waals surface area contributed by atoms with Crippen molar-refractivity contribution in [3.8, 4) is 0 Å². The molecule has 0 saturated heterocycles. The molecule has 3 aromatic rings. The summed E-state index contributed by atoms with van der Waals surface area (Å²) in [7, 11) is 1.36. The van der Waals surface area contributed by atoms with Gasteiger partial charge in [-0.2, -0.15) is 0 Å². The first-order chi connectivity index (χ1) is 11.6. The minimum absolute atomic E-state index is 0.125. The first-order valence-corrected chi connectivity index (χ1v) is 8.01. The molecule has 5 nitrogen and oxygen atoms in total. The summed E-state index contributed by atoms with van der Waals surface area (Å²) in [5, 5.41) is 0.886. The number of aryl methyl sites for hydroxylation is 1. The van der Waals surface area contributed by atoms with Crippen molar-refractivity contribution >= 4 is 39.4 Å². The zero-order chi connectivity index (χ0) is 17.1. The van der Waals surface area contributed by atoms with E-state index in [2.05, 4.69) is 9.97 Å². The lowest BCUT2D eigenvalue weighted by Gasteiger charge is -1.97. The Labute approximate surface area is 142 Å². The molecule has 0 fully saturated rings. The van der Waals surface area contributed by atoms with Crippen LogP contribution in [0.4, 0.5) is 0 Å². The van der Waals surface area contributed by atoms with E-state index in [1.807, 2.05) is 13.0 Å². The summed E-state index contributed by atoms with van der Waals surface area (Å²) in [6.45, 7) is 1.86. The number of methoxy groups -OCH3 is 1. The molecule has 3 heterocycles. The Balaban J connectivity index is 1.91. The quantitative estimate of drug-likeness (QED) is 0.412. The number of carbonyl (C=O) groups excluding carboxylic acids is 2. The third kappa shape index (κ3) is 3.09. The highest BCUT2D eigenvalue weighted by molar-refractivity contribution is 7.20. The number of aromatic nitrogens is 2. The molecular weight excluding hydrogens is 324 g/mol. The Kier molecular flexibility index (Phi) is 4.48. The topological polar surface area (TPSA) is 69.2 Å². The molecule has 0 amide bonds. The van der Waals surface area contributed by atoms with Crippen molar-refractivity contribution in [2.45, 2.75) is 6.92 Å². The van der Waals surface area contributed by atoms with Crippen LogP contribution in [0.1, 0.15) is 31.2 Å². The number of pyridine rings is 2. The number of ketones is 1. The summed E-state index contributed by atoms with van der Waals surface area (Å²) < 4.78 is 4.78. The molecule has 0 aromatic carbocycles. The molecule has 0 radical (unpaired) electrons. The second-order valence-corrected chi connectivity index (χ2v) is 6.11. The molecule has 3 aromatic heterocycles. The molecule has 0 aliphatic carbocycles. The number of rotatable bonds is 4. The normalized spacial score (nSPS) is 11.1. The monoisotopic (exact) mass is 338 g/mol. The number of fused-ring (bicyclic) bond motifs is 1. The minimum atomic E-state index is -0.362. The molecule has 0 aliphatic rings. The summed E-state index contributed by atoms with van der Waals surface area (Å²) in [4.78, 5) is 33.4. The van der Waals surface area contributed by atoms with Gasteiger partial charge in [0.2, 0.25) is 0 Å². The van der Waals surface area contributed by atoms with Gasteiger partial charge < -0.3 is 4.74 Å². The van der Waals surface area contributed by atoms with E-state index in [-0.39, 0.29) is 11.8 Å². The smallest absolute Gasteiger partial charge is 0.348 e. The second-order valence-electron chi connectivity index (χ2n) is 5.11. The minimum Gasteiger partial charge on any atom is -0.465 e. The van der Waals surface area contributed by atoms with Crippen LogP contribution in [0.2, 0.25) is 0 Å². The highest BCUT2D eigenvalue weighted by Gasteiger charge is 2.16. The van der Waals surface area contributed by atoms with Gasteiger partial charge in [0.05, 0.1) is 7.11 Å². The van der Waals surface area contributed by atoms with Gasteiger partial charge in [-0.05, 0) is 48.4 Å². The van der Waals surface area contributed by atoms with Crippen molar-refractivity contribution in [3.63, 3.8) is 0 Å². The van der Waals surface area contributed by atoms with Gasteiger partial charge in [0.15, 0.2) is 5.78 Å². The van der Waals surface area contributed by atoms with Crippen LogP contribution in [0.15, 0.2) is 42.9 Å². The van der Waals surface area contributed by atoms with E-state index in [9.17, 15) is 9.59 Å². The van der Waals surface area contributed by atoms with Gasteiger partial charge in [-0.25, -0.2) is 9.78 Å². The molecule has 0 aliphatic heterocycles. The maximum absolute atomic E-state index is 12.1. The van der Waals surface area contributed by atoms with Crippen molar-refractivity contribution in [1.82, 2.24) is 9.97 Å². The van der Waals surface area contributed by atoms with E-state index < -0.39 is 0 Å². The van der Waals surface area contributed by atoms with Gasteiger partial charge in [0, 0.05) is 29.5 Å². The van der Waals surface area contributed by atoms with Crippen LogP contribution < -0.4 is 0 Å². The Hall–Kier alpha value is -2.86. The zero-order valence-corrected chi connectivity index (χ0v) is 14.0. The van der Waals surface area contributed by atoms with Crippen molar-refractivity contribution in [3.05, 3.63) is 64.4 Å². The standard InChI is InChI=1S/C18H14N2O3S/c1-11-14-8-12(5-6-15(21)13-4-3-7-19-10-13)9-20-17(14)24-16(11)18(22)23-2/h3-10H,1-2H3. The first kappa shape index (κ1) is 16.0. The Morgan fingerprint density at radius 3 is 2.83 bits per heavy atom. The van der Waals surface area contributed by atoms with Crippen LogP contribution in [0.3, 0.4) is 0 Å². The fourth-order valence-electron chi connectivity index (χ4n) is 2.27. The molecule has 0 atom stereocenters. The number of nitrogens with zero attached hydrogens (tertiary/aromatic N) is 2. The largest absolute Gasteiger partial charge is 0.465 e. The van der Waals surface area contributed by atoms with Crippen LogP contribution in [0, 0.1) is 6.92 Å². The van der Waals surface area contributed by atoms with Crippen molar-refractivity contribution in [1.29, 1.82) is 0 Å². The van der Waals surface area contributed by atoms with Crippen LogP contribution in [-0.2, 0) is 4.74 Å². The van der Waals surface area contributed by atoms with Gasteiger partial charge in [-0.15, -0.1) is 11.3 Å². The molecule has 0 saturated carbocycles. The third-order valence-corrected chi connectivity index (χ3v) is 4.76. The van der Waals surface area contributed by atoms with Gasteiger partial charge in [-0.1, -0.05) is 0 Å². The maximum Gasteiger partial charge on any atom is 0.348 e. The van der Waals surface area contributed by atoms with Gasteiger partial charge in [-0.3, -0.25) is 9.78 Å². The summed E-state index contributed by atoms with van der Waals surface area (Å²) in [5.74, 6) is -0.486. The Bertz CT molecular complexity index is 946. The third-order valence-electron chi connectivity index (χ3n) is 3.56. The number of allylic oxidation sites excluding steroid dienone is 1. The number of carbonyl (C=O) groups is 2. The molecule has 0 unspecified atom stereocenters. The van der Waals surface area contributed by atoms with Crippen LogP contribution in [-0.4, -0.2) is 28.8 Å². The molecule has 24 heavy (non-hydrogen) atoms. The average molecular weight is 338 g/mol. The van der Waals surface area contributed by atoms with E-state index in [4.69, 9.17) is 4.74 Å². The molecular formula is C18H14N2O3S. The number of thiophene rings is 1. The highest BCUT2D eigenvalue weighted by atomic mass is 32.1. The average Bonchev–Trinajstić information content (AvgIpc) is 2.96. The molecule has 6 heteroatoms. The molecule has 3 rings (SSSR count). The lowest BCUT2D eigenvalue weighted by Crippen LogP contribution is -1.99. The van der Waals surface area contributed by atoms with Crippen LogP contribution in [0.25, 0.3) is 16.3 Å². The number of hydrogen-bond donors (Lipinski definition) is 0. The summed E-state index contributed by atoms with van der Waals surface area (Å²) in [6, 6.07) is 5.35. The summed E-state index contributed by atoms with van der Waals surface area (Å²) >= 11 is 1.30. The fourth-order valence-corrected chi connectivity index (χ4v) is 3.32. The maximum atomic E-state index is 12.1. The van der Waals surface area contributed by atoms with Crippen LogP contribution in [0.5, 0.6) is 0 Å². The second kappa shape index (κ2) is 6.72. The van der Waals surface area contributed by atoms with Gasteiger partial charge >= 0.3 is 5.97 Å². The van der Waals surface area contributed by atoms with E-state index >= 15 is 0 Å². The SMILES string of the molecule is COC(=O)c1sc2ncc(C=CC(=O)c3cccnc3)cc2c1C. The summed E-state index contributed by atoms with van der Waals surface area (Å²) in [6.07, 6.45) is 8.02. The van der Waals surface area contributed by atoms with Crippen molar-refractivity contribution in [2.75, 3.05) is 7.11 Å². The zero-order valence-electron chi connectivity index (χ0n) is 13.1. The molecule has 0 spiro atoms. The Morgan fingerprint density at radius 2 is 2.12 bits per heavy atom. The fraction of sp³-hybridized carbons (Fsp3) is 0.111. The number of ether oxygens (including phenoxy) is 1. The molecule has 0 bridgehead atoms. The predicted octanol–water partition coefficient (Wildman–Crippen LogP) is 3.68. The number of esters is 1. The molecule has 0 N–H and O–H groups in total. The van der Waals surface area contributed by atoms with Gasteiger partial charge in [0.25, 0.3) is 0 Å². The van der Waals surface area contributed by atoms with Crippen molar-refractivity contribution in [2.24, 2.45) is 0 Å². The number of hydrogen-bond acceptors (Lipinski definition) is 6. The van der Waals surface area contributed by atoms with E-state index in [1.54, 1.807) is 30.6 Å². The lowest BCUT2D eigenvalue weighted by atomic mass is 10.1. The molecule has 120 valence electrons. The van der Waals surface area contributed by atoms with Crippen molar-refractivity contribution < 1.29 is 14.3 Å².